The Bertz CT molecular complexity index is 759. The zero-order valence-electron chi connectivity index (χ0n) is 16.5. The Morgan fingerprint density at radius 2 is 1.81 bits per heavy atom. The van der Waals surface area contributed by atoms with E-state index in [0.717, 1.165) is 11.3 Å². The Balaban J connectivity index is 1.87. The molecule has 0 bridgehead atoms. The van der Waals surface area contributed by atoms with Crippen LogP contribution in [0.5, 0.6) is 0 Å². The lowest BCUT2D eigenvalue weighted by molar-refractivity contribution is -0.143. The van der Waals surface area contributed by atoms with Crippen LogP contribution < -0.4 is 0 Å². The topological polar surface area (TPSA) is 75.5 Å². The van der Waals surface area contributed by atoms with E-state index in [-0.39, 0.29) is 18.2 Å². The summed E-state index contributed by atoms with van der Waals surface area (Å²) in [6.07, 6.45) is 3.31. The van der Waals surface area contributed by atoms with Crippen molar-refractivity contribution in [3.63, 3.8) is 0 Å². The zero-order valence-corrected chi connectivity index (χ0v) is 16.5. The van der Waals surface area contributed by atoms with Gasteiger partial charge in [0, 0.05) is 5.82 Å². The van der Waals surface area contributed by atoms with Gasteiger partial charge in [-0.05, 0) is 52.3 Å². The van der Waals surface area contributed by atoms with Crippen LogP contribution in [-0.2, 0) is 18.8 Å². The molecule has 3 rings (SSSR count). The van der Waals surface area contributed by atoms with E-state index in [0.29, 0.717) is 6.61 Å². The van der Waals surface area contributed by atoms with Crippen molar-refractivity contribution < 1.29 is 18.8 Å². The van der Waals surface area contributed by atoms with E-state index in [2.05, 4.69) is 10.1 Å². The molecule has 0 amide bonds. The molecule has 1 aromatic carbocycles. The smallest absolute Gasteiger partial charge is 0.466 e. The molecule has 8 heteroatoms. The molecule has 0 spiro atoms. The Labute approximate surface area is 160 Å². The molecule has 27 heavy (non-hydrogen) atoms. The van der Waals surface area contributed by atoms with Crippen molar-refractivity contribution in [1.29, 1.82) is 0 Å². The lowest BCUT2D eigenvalue weighted by atomic mass is 9.66. The molecule has 1 atom stereocenters. The molecule has 2 heterocycles. The molecule has 0 saturated carbocycles. The molecule has 1 aromatic heterocycles. The quantitative estimate of drug-likeness (QED) is 0.574. The highest BCUT2D eigenvalue weighted by Crippen LogP contribution is 2.41. The minimum atomic E-state index is -0.531. The summed E-state index contributed by atoms with van der Waals surface area (Å²) in [5.74, 6) is -0.535. The van der Waals surface area contributed by atoms with E-state index < -0.39 is 18.3 Å². The van der Waals surface area contributed by atoms with E-state index in [9.17, 15) is 4.79 Å². The number of hydrogen-bond donors (Lipinski definition) is 0. The van der Waals surface area contributed by atoms with Gasteiger partial charge < -0.3 is 14.0 Å². The molecule has 2 aromatic rings. The number of rotatable bonds is 6. The fraction of sp³-hybridized carbons (Fsp3) is 0.526. The normalized spacial score (nSPS) is 19.1. The molecular weight excluding hydrogens is 345 g/mol. The second kappa shape index (κ2) is 7.44. The van der Waals surface area contributed by atoms with Gasteiger partial charge in [-0.25, -0.2) is 9.67 Å². The molecule has 0 N–H and O–H groups in total. The lowest BCUT2D eigenvalue weighted by Gasteiger charge is -2.32. The Hall–Kier alpha value is -2.19. The van der Waals surface area contributed by atoms with Gasteiger partial charge in [-0.15, -0.1) is 0 Å². The van der Waals surface area contributed by atoms with Crippen LogP contribution in [0.15, 0.2) is 36.9 Å². The average Bonchev–Trinajstić information content (AvgIpc) is 3.20. The predicted octanol–water partition coefficient (Wildman–Crippen LogP) is 2.94. The number of hydrogen-bond acceptors (Lipinski definition) is 6. The number of ether oxygens (including phenoxy) is 1. The Kier molecular flexibility index (Phi) is 5.39. The third-order valence-electron chi connectivity index (χ3n) is 5.30. The van der Waals surface area contributed by atoms with Crippen LogP contribution in [0.25, 0.3) is 5.69 Å². The minimum Gasteiger partial charge on any atom is -0.466 e. The van der Waals surface area contributed by atoms with Crippen molar-refractivity contribution in [3.8, 4) is 5.69 Å². The minimum absolute atomic E-state index is 0.188. The summed E-state index contributed by atoms with van der Waals surface area (Å²) in [4.78, 5) is 16.2. The van der Waals surface area contributed by atoms with Gasteiger partial charge in [0.25, 0.3) is 0 Å². The van der Waals surface area contributed by atoms with Crippen molar-refractivity contribution in [2.24, 2.45) is 0 Å². The molecule has 1 unspecified atom stereocenters. The molecule has 1 saturated heterocycles. The van der Waals surface area contributed by atoms with E-state index in [1.807, 2.05) is 52.0 Å². The second-order valence-electron chi connectivity index (χ2n) is 7.67. The van der Waals surface area contributed by atoms with Crippen molar-refractivity contribution >= 4 is 13.1 Å². The first-order chi connectivity index (χ1) is 12.7. The number of nitrogens with zero attached hydrogens (tertiary/aromatic N) is 3. The summed E-state index contributed by atoms with van der Waals surface area (Å²) >= 11 is 0. The highest BCUT2D eigenvalue weighted by Gasteiger charge is 2.54. The van der Waals surface area contributed by atoms with Gasteiger partial charge in [-0.1, -0.05) is 12.1 Å². The molecule has 0 aliphatic carbocycles. The van der Waals surface area contributed by atoms with Crippen LogP contribution in [-0.4, -0.2) is 45.7 Å². The Morgan fingerprint density at radius 1 is 1.19 bits per heavy atom. The number of esters is 1. The Morgan fingerprint density at radius 3 is 2.33 bits per heavy atom. The monoisotopic (exact) mass is 371 g/mol. The van der Waals surface area contributed by atoms with Crippen LogP contribution in [0.3, 0.4) is 0 Å². The predicted molar refractivity (Wildman–Crippen MR) is 101 cm³/mol. The molecule has 144 valence electrons. The summed E-state index contributed by atoms with van der Waals surface area (Å²) in [7, 11) is -0.531. The summed E-state index contributed by atoms with van der Waals surface area (Å²) < 4.78 is 19.3. The fourth-order valence-corrected chi connectivity index (χ4v) is 3.04. The van der Waals surface area contributed by atoms with Crippen LogP contribution >= 0.6 is 0 Å². The first kappa shape index (κ1) is 19.6. The second-order valence-corrected chi connectivity index (χ2v) is 7.67. The standard InChI is InChI=1S/C19H26BN3O4/c1-6-25-17(24)11-16(20-26-18(2,3)19(4,5)27-20)14-7-9-15(10-8-14)23-13-21-12-22-23/h7-10,12-13,16H,6,11H2,1-5H3. The van der Waals surface area contributed by atoms with Crippen LogP contribution in [0.1, 0.15) is 52.4 Å². The molecule has 7 nitrogen and oxygen atoms in total. The molecule has 1 aliphatic rings. The van der Waals surface area contributed by atoms with Gasteiger partial charge in [-0.3, -0.25) is 4.79 Å². The van der Waals surface area contributed by atoms with E-state index >= 15 is 0 Å². The molecule has 1 fully saturated rings. The third kappa shape index (κ3) is 4.06. The molecular formula is C19H26BN3O4. The van der Waals surface area contributed by atoms with Gasteiger partial charge in [0.2, 0.25) is 0 Å². The van der Waals surface area contributed by atoms with Gasteiger partial charge in [0.15, 0.2) is 0 Å². The van der Waals surface area contributed by atoms with Crippen LogP contribution in [0.2, 0.25) is 0 Å². The number of benzene rings is 1. The number of carbonyl (C=O) groups excluding carboxylic acids is 1. The van der Waals surface area contributed by atoms with Gasteiger partial charge >= 0.3 is 13.1 Å². The maximum absolute atomic E-state index is 12.2. The maximum atomic E-state index is 12.2. The number of aromatic nitrogens is 3. The van der Waals surface area contributed by atoms with Crippen molar-refractivity contribution in [2.75, 3.05) is 6.61 Å². The first-order valence-corrected chi connectivity index (χ1v) is 9.20. The fourth-order valence-electron chi connectivity index (χ4n) is 3.04. The molecule has 1 aliphatic heterocycles. The van der Waals surface area contributed by atoms with Gasteiger partial charge in [0.1, 0.15) is 12.7 Å². The van der Waals surface area contributed by atoms with Crippen molar-refractivity contribution in [1.82, 2.24) is 14.8 Å². The number of carbonyl (C=O) groups is 1. The summed E-state index contributed by atoms with van der Waals surface area (Å²) in [5, 5.41) is 4.13. The van der Waals surface area contributed by atoms with E-state index in [1.54, 1.807) is 17.9 Å². The SMILES string of the molecule is CCOC(=O)CC(B1OC(C)(C)C(C)(C)O1)c1ccc(-n2cncn2)cc1. The highest BCUT2D eigenvalue weighted by atomic mass is 16.7. The average molecular weight is 371 g/mol. The van der Waals surface area contributed by atoms with Crippen molar-refractivity contribution in [3.05, 3.63) is 42.5 Å². The van der Waals surface area contributed by atoms with Crippen molar-refractivity contribution in [2.45, 2.75) is 58.1 Å². The zero-order chi connectivity index (χ0) is 19.7. The maximum Gasteiger partial charge on any atom is 0.466 e. The lowest BCUT2D eigenvalue weighted by Crippen LogP contribution is -2.41. The summed E-state index contributed by atoms with van der Waals surface area (Å²) in [6, 6.07) is 7.80. The van der Waals surface area contributed by atoms with E-state index in [4.69, 9.17) is 14.0 Å². The largest absolute Gasteiger partial charge is 0.466 e. The summed E-state index contributed by atoms with van der Waals surface area (Å²) in [5.41, 5.74) is 0.904. The highest BCUT2D eigenvalue weighted by molar-refractivity contribution is 6.48. The van der Waals surface area contributed by atoms with Crippen LogP contribution in [0, 0.1) is 0 Å². The van der Waals surface area contributed by atoms with E-state index in [1.165, 1.54) is 6.33 Å². The first-order valence-electron chi connectivity index (χ1n) is 9.20. The van der Waals surface area contributed by atoms with Crippen LogP contribution in [0.4, 0.5) is 0 Å². The third-order valence-corrected chi connectivity index (χ3v) is 5.30. The molecule has 0 radical (unpaired) electrons. The summed E-state index contributed by atoms with van der Waals surface area (Å²) in [6.45, 7) is 10.2. The van der Waals surface area contributed by atoms with Gasteiger partial charge in [0.05, 0.1) is 29.9 Å². The van der Waals surface area contributed by atoms with Gasteiger partial charge in [-0.2, -0.15) is 5.10 Å².